The maximum atomic E-state index is 4.73. The van der Waals surface area contributed by atoms with E-state index in [4.69, 9.17) is 6.58 Å². The summed E-state index contributed by atoms with van der Waals surface area (Å²) in [7, 11) is 0. The summed E-state index contributed by atoms with van der Waals surface area (Å²) in [6.07, 6.45) is 0. The Labute approximate surface area is 326 Å². The van der Waals surface area contributed by atoms with E-state index in [1.54, 1.807) is 0 Å². The van der Waals surface area contributed by atoms with Gasteiger partial charge in [-0.05, 0) is 89.3 Å². The average Bonchev–Trinajstić information content (AvgIpc) is 3.77. The summed E-state index contributed by atoms with van der Waals surface area (Å²) in [4.78, 5) is 2.34. The Bertz CT molecular complexity index is 3160. The second kappa shape index (κ2) is 12.6. The number of hydrogen-bond acceptors (Lipinski definition) is 1. The van der Waals surface area contributed by atoms with Crippen LogP contribution in [0.2, 0.25) is 0 Å². The Kier molecular flexibility index (Phi) is 7.23. The zero-order chi connectivity index (χ0) is 37.3. The Balaban J connectivity index is 1.21. The number of anilines is 2. The second-order valence-electron chi connectivity index (χ2n) is 14.7. The lowest BCUT2D eigenvalue weighted by molar-refractivity contribution is 1.12. The van der Waals surface area contributed by atoms with Crippen molar-refractivity contribution >= 4 is 49.8 Å². The molecule has 0 amide bonds. The van der Waals surface area contributed by atoms with Gasteiger partial charge in [-0.3, -0.25) is 0 Å². The molecule has 264 valence electrons. The van der Waals surface area contributed by atoms with E-state index in [1.165, 1.54) is 77.5 Å². The lowest BCUT2D eigenvalue weighted by atomic mass is 9.92. The summed E-state index contributed by atoms with van der Waals surface area (Å²) in [5, 5.41) is 3.65. The minimum absolute atomic E-state index is 0.929. The first-order valence-corrected chi connectivity index (χ1v) is 19.2. The fraction of sp³-hybridized carbons (Fsp3) is 0.0189. The number of fused-ring (bicyclic) bond motifs is 9. The van der Waals surface area contributed by atoms with Crippen molar-refractivity contribution in [1.82, 2.24) is 9.13 Å². The Morgan fingerprint density at radius 2 is 1.16 bits per heavy atom. The number of aromatic nitrogens is 2. The van der Waals surface area contributed by atoms with Crippen molar-refractivity contribution in [2.75, 3.05) is 4.90 Å². The number of nitrogens with zero attached hydrogens (tertiary/aromatic N) is 3. The van der Waals surface area contributed by atoms with Crippen LogP contribution in [0.25, 0.3) is 83.3 Å². The molecule has 0 unspecified atom stereocenters. The lowest BCUT2D eigenvalue weighted by Crippen LogP contribution is -2.16. The summed E-state index contributed by atoms with van der Waals surface area (Å²) >= 11 is 0. The monoisotopic (exact) mass is 715 g/mol. The number of aryl methyl sites for hydroxylation is 1. The van der Waals surface area contributed by atoms with Crippen LogP contribution in [0, 0.1) is 6.92 Å². The average molecular weight is 716 g/mol. The second-order valence-corrected chi connectivity index (χ2v) is 14.7. The first-order valence-electron chi connectivity index (χ1n) is 19.2. The van der Waals surface area contributed by atoms with Crippen molar-refractivity contribution in [1.29, 1.82) is 0 Å². The highest BCUT2D eigenvalue weighted by Gasteiger charge is 2.28. The fourth-order valence-corrected chi connectivity index (χ4v) is 8.96. The van der Waals surface area contributed by atoms with Crippen molar-refractivity contribution in [2.45, 2.75) is 6.92 Å². The standard InChI is InChI=1S/C53H37N3/c1-35-17-9-14-26-48(35)54(36(2)37-18-5-3-6-19-37)41-33-46-43-24-12-11-23-42(43)45-32-40(29-30-51(45)56-50-28-16-13-25-44(50)47(34-41)53(46)56)55-49-27-15-10-22-39(49)31-52(55)38-20-7-4-8-21-38/h3-34H,2H2,1H3. The SMILES string of the molecule is C=C(c1ccccc1)N(c1cc2c3c(c1)c1ccccc1n3-c1ccc(-n3c(-c4ccccc4)cc4ccccc43)cc1-c1ccccc1-2)c1ccccc1C. The van der Waals surface area contributed by atoms with Crippen LogP contribution in [0.4, 0.5) is 11.4 Å². The van der Waals surface area contributed by atoms with Gasteiger partial charge in [0, 0.05) is 50.0 Å². The highest BCUT2D eigenvalue weighted by atomic mass is 15.2. The third-order valence-corrected chi connectivity index (χ3v) is 11.5. The fourth-order valence-electron chi connectivity index (χ4n) is 8.96. The van der Waals surface area contributed by atoms with Gasteiger partial charge in [-0.1, -0.05) is 146 Å². The van der Waals surface area contributed by atoms with Gasteiger partial charge in [0.15, 0.2) is 0 Å². The van der Waals surface area contributed by atoms with Crippen molar-refractivity contribution in [3.63, 3.8) is 0 Å². The molecule has 3 heteroatoms. The summed E-state index contributed by atoms with van der Waals surface area (Å²) in [6, 6.07) is 70.4. The van der Waals surface area contributed by atoms with Gasteiger partial charge in [-0.15, -0.1) is 0 Å². The molecule has 3 heterocycles. The van der Waals surface area contributed by atoms with Gasteiger partial charge in [-0.2, -0.15) is 0 Å². The van der Waals surface area contributed by atoms with Crippen LogP contribution >= 0.6 is 0 Å². The molecule has 2 aromatic heterocycles. The minimum atomic E-state index is 0.929. The van der Waals surface area contributed by atoms with Gasteiger partial charge in [0.05, 0.1) is 27.9 Å². The topological polar surface area (TPSA) is 13.1 Å². The molecule has 3 nitrogen and oxygen atoms in total. The molecule has 1 aliphatic heterocycles. The van der Waals surface area contributed by atoms with E-state index in [9.17, 15) is 0 Å². The molecule has 0 radical (unpaired) electrons. The van der Waals surface area contributed by atoms with Crippen LogP contribution in [0.5, 0.6) is 0 Å². The molecule has 56 heavy (non-hydrogen) atoms. The van der Waals surface area contributed by atoms with E-state index in [0.717, 1.165) is 28.3 Å². The van der Waals surface area contributed by atoms with Gasteiger partial charge in [0.25, 0.3) is 0 Å². The lowest BCUT2D eigenvalue weighted by Gasteiger charge is -2.29. The van der Waals surface area contributed by atoms with Crippen LogP contribution < -0.4 is 4.90 Å². The summed E-state index contributed by atoms with van der Waals surface area (Å²) in [5.74, 6) is 0. The van der Waals surface area contributed by atoms with E-state index in [0.29, 0.717) is 0 Å². The molecule has 10 aromatic rings. The highest BCUT2D eigenvalue weighted by Crippen LogP contribution is 2.50. The summed E-state index contributed by atoms with van der Waals surface area (Å²) in [5.41, 5.74) is 18.4. The summed E-state index contributed by atoms with van der Waals surface area (Å²) < 4.78 is 4.92. The van der Waals surface area contributed by atoms with Crippen LogP contribution in [-0.2, 0) is 0 Å². The molecule has 0 saturated carbocycles. The Morgan fingerprint density at radius 3 is 1.96 bits per heavy atom. The minimum Gasteiger partial charge on any atom is -0.310 e. The zero-order valence-electron chi connectivity index (χ0n) is 31.0. The largest absolute Gasteiger partial charge is 0.310 e. The van der Waals surface area contributed by atoms with Gasteiger partial charge >= 0.3 is 0 Å². The molecule has 0 bridgehead atoms. The smallest absolute Gasteiger partial charge is 0.0621 e. The van der Waals surface area contributed by atoms with E-state index >= 15 is 0 Å². The van der Waals surface area contributed by atoms with Gasteiger partial charge < -0.3 is 14.0 Å². The first-order chi connectivity index (χ1) is 27.6. The molecular weight excluding hydrogens is 679 g/mol. The summed E-state index contributed by atoms with van der Waals surface area (Å²) in [6.45, 7) is 6.92. The molecule has 0 saturated heterocycles. The first kappa shape index (κ1) is 32.1. The van der Waals surface area contributed by atoms with Crippen molar-refractivity contribution < 1.29 is 0 Å². The predicted octanol–water partition coefficient (Wildman–Crippen LogP) is 14.2. The van der Waals surface area contributed by atoms with Crippen LogP contribution in [0.1, 0.15) is 11.1 Å². The molecular formula is C53H37N3. The number of para-hydroxylation sites is 3. The Hall–Kier alpha value is -7.36. The van der Waals surface area contributed by atoms with E-state index in [1.807, 2.05) is 0 Å². The predicted molar refractivity (Wildman–Crippen MR) is 236 cm³/mol. The van der Waals surface area contributed by atoms with Gasteiger partial charge in [0.1, 0.15) is 0 Å². The van der Waals surface area contributed by atoms with Gasteiger partial charge in [0.2, 0.25) is 0 Å². The quantitative estimate of drug-likeness (QED) is 0.167. The zero-order valence-corrected chi connectivity index (χ0v) is 31.0. The number of rotatable bonds is 6. The number of hydrogen-bond donors (Lipinski definition) is 0. The molecule has 0 fully saturated rings. The molecule has 0 atom stereocenters. The van der Waals surface area contributed by atoms with Crippen LogP contribution in [-0.4, -0.2) is 9.13 Å². The van der Waals surface area contributed by atoms with Crippen molar-refractivity contribution in [3.05, 3.63) is 212 Å². The molecule has 0 N–H and O–H groups in total. The third-order valence-electron chi connectivity index (χ3n) is 11.5. The van der Waals surface area contributed by atoms with Crippen molar-refractivity contribution in [2.24, 2.45) is 0 Å². The molecule has 0 aliphatic carbocycles. The molecule has 8 aromatic carbocycles. The number of benzene rings is 8. The van der Waals surface area contributed by atoms with Gasteiger partial charge in [-0.25, -0.2) is 0 Å². The van der Waals surface area contributed by atoms with E-state index < -0.39 is 0 Å². The Morgan fingerprint density at radius 1 is 0.500 bits per heavy atom. The normalized spacial score (nSPS) is 11.7. The van der Waals surface area contributed by atoms with Crippen LogP contribution in [0.3, 0.4) is 0 Å². The van der Waals surface area contributed by atoms with Crippen molar-refractivity contribution in [3.8, 4) is 44.9 Å². The highest BCUT2D eigenvalue weighted by molar-refractivity contribution is 6.18. The molecule has 1 aliphatic rings. The molecule has 0 spiro atoms. The van der Waals surface area contributed by atoms with E-state index in [-0.39, 0.29) is 0 Å². The molecule has 11 rings (SSSR count). The maximum Gasteiger partial charge on any atom is 0.0621 e. The maximum absolute atomic E-state index is 4.73. The third kappa shape index (κ3) is 4.84. The van der Waals surface area contributed by atoms with E-state index in [2.05, 4.69) is 215 Å². The van der Waals surface area contributed by atoms with Crippen LogP contribution in [0.15, 0.2) is 201 Å².